The predicted molar refractivity (Wildman–Crippen MR) is 62.1 cm³/mol. The minimum atomic E-state index is -4.38. The first-order chi connectivity index (χ1) is 8.64. The first kappa shape index (κ1) is 16.0. The number of sulfonamides is 1. The van der Waals surface area contributed by atoms with Crippen molar-refractivity contribution in [1.82, 2.24) is 4.72 Å². The first-order valence-corrected chi connectivity index (χ1v) is 7.34. The molecule has 4 N–H and O–H groups in total. The van der Waals surface area contributed by atoms with Gasteiger partial charge in [-0.3, -0.25) is 0 Å². The molecule has 0 aromatic heterocycles. The van der Waals surface area contributed by atoms with E-state index in [-0.39, 0.29) is 11.8 Å². The molecule has 0 radical (unpaired) electrons. The van der Waals surface area contributed by atoms with Crippen LogP contribution in [0.5, 0.6) is 0 Å². The summed E-state index contributed by atoms with van der Waals surface area (Å²) in [5, 5.41) is 11.3. The average molecular weight is 303 g/mol. The summed E-state index contributed by atoms with van der Waals surface area (Å²) in [5.74, 6) is -0.982. The Morgan fingerprint density at radius 1 is 1.47 bits per heavy atom. The maximum atomic E-state index is 11.9. The van der Waals surface area contributed by atoms with Crippen molar-refractivity contribution in [2.75, 3.05) is 5.75 Å². The molecule has 1 fully saturated rings. The molecule has 1 saturated carbocycles. The fourth-order valence-electron chi connectivity index (χ4n) is 1.60. The van der Waals surface area contributed by atoms with Gasteiger partial charge in [0.2, 0.25) is 10.0 Å². The highest BCUT2D eigenvalue weighted by Crippen LogP contribution is 2.33. The van der Waals surface area contributed by atoms with Gasteiger partial charge in [-0.1, -0.05) is 5.16 Å². The Morgan fingerprint density at radius 3 is 2.47 bits per heavy atom. The normalized spacial score (nSPS) is 19.4. The van der Waals surface area contributed by atoms with E-state index in [2.05, 4.69) is 9.88 Å². The third-order valence-electron chi connectivity index (χ3n) is 2.71. The highest BCUT2D eigenvalue weighted by molar-refractivity contribution is 7.89. The zero-order valence-corrected chi connectivity index (χ0v) is 10.8. The molecule has 6 nitrogen and oxygen atoms in total. The van der Waals surface area contributed by atoms with Gasteiger partial charge in [-0.2, -0.15) is 13.2 Å². The Morgan fingerprint density at radius 2 is 2.05 bits per heavy atom. The molecule has 0 amide bonds. The molecule has 1 unspecified atom stereocenters. The number of nitrogens with two attached hydrogens (primary N) is 1. The van der Waals surface area contributed by atoms with E-state index in [1.807, 2.05) is 0 Å². The molecule has 1 aliphatic rings. The predicted octanol–water partition coefficient (Wildman–Crippen LogP) is 0.773. The van der Waals surface area contributed by atoms with E-state index in [9.17, 15) is 21.6 Å². The number of halogens is 3. The summed E-state index contributed by atoms with van der Waals surface area (Å²) in [6.07, 6.45) is -4.60. The van der Waals surface area contributed by atoms with E-state index >= 15 is 0 Å². The molecule has 19 heavy (non-hydrogen) atoms. The van der Waals surface area contributed by atoms with Crippen molar-refractivity contribution in [2.24, 2.45) is 16.8 Å². The van der Waals surface area contributed by atoms with Crippen molar-refractivity contribution in [1.29, 1.82) is 0 Å². The lowest BCUT2D eigenvalue weighted by Crippen LogP contribution is -2.46. The third kappa shape index (κ3) is 6.10. The van der Waals surface area contributed by atoms with Gasteiger partial charge in [-0.05, 0) is 25.2 Å². The molecule has 0 saturated heterocycles. The molecule has 0 aromatic rings. The van der Waals surface area contributed by atoms with Gasteiger partial charge in [0.25, 0.3) is 0 Å². The van der Waals surface area contributed by atoms with Crippen LogP contribution in [0.25, 0.3) is 0 Å². The molecule has 0 aromatic carbocycles. The monoisotopic (exact) mass is 303 g/mol. The van der Waals surface area contributed by atoms with Crippen LogP contribution in [0.1, 0.15) is 25.7 Å². The van der Waals surface area contributed by atoms with E-state index in [4.69, 9.17) is 10.9 Å². The number of rotatable bonds is 7. The van der Waals surface area contributed by atoms with Crippen molar-refractivity contribution in [3.63, 3.8) is 0 Å². The van der Waals surface area contributed by atoms with Gasteiger partial charge in [-0.15, -0.1) is 0 Å². The molecule has 1 aliphatic carbocycles. The van der Waals surface area contributed by atoms with Crippen LogP contribution >= 0.6 is 0 Å². The summed E-state index contributed by atoms with van der Waals surface area (Å²) in [7, 11) is -3.89. The Bertz CT molecular complexity index is 432. The fraction of sp³-hybridized carbons (Fsp3) is 0.889. The third-order valence-corrected chi connectivity index (χ3v) is 4.15. The second-order valence-electron chi connectivity index (χ2n) is 4.50. The molecule has 0 bridgehead atoms. The van der Waals surface area contributed by atoms with E-state index in [0.717, 1.165) is 12.8 Å². The van der Waals surface area contributed by atoms with Crippen molar-refractivity contribution in [3.05, 3.63) is 0 Å². The van der Waals surface area contributed by atoms with Gasteiger partial charge >= 0.3 is 6.18 Å². The summed E-state index contributed by atoms with van der Waals surface area (Å²) in [5.41, 5.74) is 5.36. The fourth-order valence-corrected chi connectivity index (χ4v) is 2.95. The molecular formula is C9H16F3N3O3S. The van der Waals surface area contributed by atoms with E-state index in [1.54, 1.807) is 0 Å². The summed E-state index contributed by atoms with van der Waals surface area (Å²) < 4.78 is 61.2. The summed E-state index contributed by atoms with van der Waals surface area (Å²) in [6.45, 7) is 0. The number of hydrogen-bond acceptors (Lipinski definition) is 4. The molecule has 112 valence electrons. The molecule has 1 rings (SSSR count). The zero-order chi connectivity index (χ0) is 14.7. The van der Waals surface area contributed by atoms with Crippen molar-refractivity contribution in [2.45, 2.75) is 37.9 Å². The molecular weight excluding hydrogens is 287 g/mol. The number of amidine groups is 1. The van der Waals surface area contributed by atoms with E-state index in [1.165, 1.54) is 0 Å². The Kier molecular flexibility index (Phi) is 5.02. The summed E-state index contributed by atoms with van der Waals surface area (Å²) in [6, 6.07) is -0.846. The van der Waals surface area contributed by atoms with Gasteiger partial charge in [0.1, 0.15) is 0 Å². The second-order valence-corrected chi connectivity index (χ2v) is 6.37. The van der Waals surface area contributed by atoms with Gasteiger partial charge in [0, 0.05) is 6.42 Å². The van der Waals surface area contributed by atoms with Crippen molar-refractivity contribution < 1.29 is 26.8 Å². The van der Waals surface area contributed by atoms with Crippen molar-refractivity contribution in [3.8, 4) is 0 Å². The molecule has 1 atom stereocenters. The first-order valence-electron chi connectivity index (χ1n) is 5.69. The van der Waals surface area contributed by atoms with Crippen molar-refractivity contribution >= 4 is 15.9 Å². The van der Waals surface area contributed by atoms with E-state index in [0.29, 0.717) is 0 Å². The standard InChI is InChI=1S/C9H16F3N3O3S/c10-9(11,12)4-1-5-19(17,18)15-7(6-2-3-6)8(13)14-16/h6-7,15-16H,1-5H2,(H2,13,14). The second kappa shape index (κ2) is 5.95. The van der Waals surface area contributed by atoms with Crippen LogP contribution in [0.15, 0.2) is 5.16 Å². The maximum absolute atomic E-state index is 11.9. The Hall–Kier alpha value is -1.03. The quantitative estimate of drug-likeness (QED) is 0.280. The van der Waals surface area contributed by atoms with Crippen LogP contribution < -0.4 is 10.5 Å². The Balaban J connectivity index is 2.52. The summed E-state index contributed by atoms with van der Waals surface area (Å²) in [4.78, 5) is 0. The van der Waals surface area contributed by atoms with Crippen LogP contribution in [-0.2, 0) is 10.0 Å². The zero-order valence-electron chi connectivity index (χ0n) is 10.0. The van der Waals surface area contributed by atoms with Crippen LogP contribution in [-0.4, -0.2) is 37.4 Å². The minimum Gasteiger partial charge on any atom is -0.409 e. The van der Waals surface area contributed by atoms with Gasteiger partial charge in [-0.25, -0.2) is 13.1 Å². The lowest BCUT2D eigenvalue weighted by molar-refractivity contribution is -0.134. The molecule has 10 heteroatoms. The molecule has 0 aliphatic heterocycles. The number of nitrogens with one attached hydrogen (secondary N) is 1. The number of alkyl halides is 3. The van der Waals surface area contributed by atoms with Crippen LogP contribution in [0.2, 0.25) is 0 Å². The SMILES string of the molecule is NC(=NO)C(NS(=O)(=O)CCCC(F)(F)F)C1CC1. The number of hydrogen-bond donors (Lipinski definition) is 3. The number of oxime groups is 1. The topological polar surface area (TPSA) is 105 Å². The Labute approximate surface area is 108 Å². The van der Waals surface area contributed by atoms with E-state index < -0.39 is 40.8 Å². The molecule has 0 spiro atoms. The lowest BCUT2D eigenvalue weighted by atomic mass is 10.2. The van der Waals surface area contributed by atoms with Crippen LogP contribution in [0.3, 0.4) is 0 Å². The average Bonchev–Trinajstić information content (AvgIpc) is 3.06. The van der Waals surface area contributed by atoms with Gasteiger partial charge < -0.3 is 10.9 Å². The minimum absolute atomic E-state index is 0.0618. The van der Waals surface area contributed by atoms with Crippen LogP contribution in [0.4, 0.5) is 13.2 Å². The molecule has 0 heterocycles. The lowest BCUT2D eigenvalue weighted by Gasteiger charge is -2.16. The largest absolute Gasteiger partial charge is 0.409 e. The van der Waals surface area contributed by atoms with Gasteiger partial charge in [0.15, 0.2) is 5.84 Å². The highest BCUT2D eigenvalue weighted by atomic mass is 32.2. The number of nitrogens with zero attached hydrogens (tertiary/aromatic N) is 1. The van der Waals surface area contributed by atoms with Gasteiger partial charge in [0.05, 0.1) is 11.8 Å². The highest BCUT2D eigenvalue weighted by Gasteiger charge is 2.37. The summed E-state index contributed by atoms with van der Waals surface area (Å²) >= 11 is 0. The van der Waals surface area contributed by atoms with Crippen LogP contribution in [0, 0.1) is 5.92 Å². The maximum Gasteiger partial charge on any atom is 0.389 e. The smallest absolute Gasteiger partial charge is 0.389 e.